The van der Waals surface area contributed by atoms with Gasteiger partial charge in [-0.2, -0.15) is 0 Å². The van der Waals surface area contributed by atoms with Crippen LogP contribution in [0.4, 0.5) is 4.79 Å². The molecule has 0 aromatic rings. The number of carboxylic acids is 1. The molecule has 2 N–H and O–H groups in total. The molecular formula is C11H22N2O4. The lowest BCUT2D eigenvalue weighted by Gasteiger charge is -2.34. The zero-order chi connectivity index (χ0) is 13.6. The van der Waals surface area contributed by atoms with Gasteiger partial charge in [0.05, 0.1) is 6.61 Å². The van der Waals surface area contributed by atoms with Crippen molar-refractivity contribution < 1.29 is 19.8 Å². The first-order chi connectivity index (χ1) is 7.81. The second kappa shape index (κ2) is 7.11. The van der Waals surface area contributed by atoms with E-state index in [0.29, 0.717) is 0 Å². The summed E-state index contributed by atoms with van der Waals surface area (Å²) in [5.41, 5.74) is 0. The Labute approximate surface area is 102 Å². The first-order valence-corrected chi connectivity index (χ1v) is 5.71. The molecule has 0 atom stereocenters. The van der Waals surface area contributed by atoms with Crippen molar-refractivity contribution in [3.8, 4) is 0 Å². The second-order valence-electron chi connectivity index (χ2n) is 4.41. The first-order valence-electron chi connectivity index (χ1n) is 5.71. The van der Waals surface area contributed by atoms with Gasteiger partial charge in [-0.05, 0) is 27.7 Å². The summed E-state index contributed by atoms with van der Waals surface area (Å²) in [6, 6.07) is -0.630. The first kappa shape index (κ1) is 15.7. The second-order valence-corrected chi connectivity index (χ2v) is 4.41. The van der Waals surface area contributed by atoms with E-state index >= 15 is 0 Å². The summed E-state index contributed by atoms with van der Waals surface area (Å²) in [5.74, 6) is -1.04. The maximum absolute atomic E-state index is 12.1. The SMILES string of the molecule is CC(C)N(CCO)C(=O)N(CC(=O)O)C(C)C. The molecular weight excluding hydrogens is 224 g/mol. The Hall–Kier alpha value is -1.30. The van der Waals surface area contributed by atoms with Gasteiger partial charge in [0, 0.05) is 18.6 Å². The molecule has 0 saturated carbocycles. The molecule has 0 aromatic heterocycles. The molecule has 0 fully saturated rings. The van der Waals surface area contributed by atoms with Gasteiger partial charge in [-0.25, -0.2) is 4.79 Å². The lowest BCUT2D eigenvalue weighted by molar-refractivity contribution is -0.138. The zero-order valence-electron chi connectivity index (χ0n) is 10.9. The fourth-order valence-electron chi connectivity index (χ4n) is 1.46. The zero-order valence-corrected chi connectivity index (χ0v) is 10.9. The number of aliphatic hydroxyl groups is 1. The van der Waals surface area contributed by atoms with Crippen LogP contribution in [0.5, 0.6) is 0 Å². The number of nitrogens with zero attached hydrogens (tertiary/aromatic N) is 2. The molecule has 0 aliphatic rings. The van der Waals surface area contributed by atoms with E-state index in [9.17, 15) is 9.59 Å². The summed E-state index contributed by atoms with van der Waals surface area (Å²) in [6.45, 7) is 6.92. The van der Waals surface area contributed by atoms with E-state index in [1.54, 1.807) is 13.8 Å². The molecule has 0 aromatic carbocycles. The van der Waals surface area contributed by atoms with Gasteiger partial charge < -0.3 is 20.0 Å². The van der Waals surface area contributed by atoms with E-state index in [-0.39, 0.29) is 37.8 Å². The monoisotopic (exact) mass is 246 g/mol. The molecule has 2 amide bonds. The predicted molar refractivity (Wildman–Crippen MR) is 63.8 cm³/mol. The van der Waals surface area contributed by atoms with Crippen LogP contribution in [0.25, 0.3) is 0 Å². The Morgan fingerprint density at radius 2 is 1.53 bits per heavy atom. The minimum Gasteiger partial charge on any atom is -0.480 e. The number of urea groups is 1. The fraction of sp³-hybridized carbons (Fsp3) is 0.818. The average Bonchev–Trinajstić information content (AvgIpc) is 2.20. The summed E-state index contributed by atoms with van der Waals surface area (Å²) in [5, 5.41) is 17.7. The lowest BCUT2D eigenvalue weighted by atomic mass is 10.3. The average molecular weight is 246 g/mol. The Kier molecular flexibility index (Phi) is 6.57. The molecule has 6 nitrogen and oxygen atoms in total. The summed E-state index contributed by atoms with van der Waals surface area (Å²) >= 11 is 0. The molecule has 0 bridgehead atoms. The topological polar surface area (TPSA) is 81.1 Å². The van der Waals surface area contributed by atoms with Crippen LogP contribution in [0, 0.1) is 0 Å². The van der Waals surface area contributed by atoms with Gasteiger partial charge in [-0.15, -0.1) is 0 Å². The largest absolute Gasteiger partial charge is 0.480 e. The van der Waals surface area contributed by atoms with Crippen LogP contribution in [0.2, 0.25) is 0 Å². The number of hydrogen-bond donors (Lipinski definition) is 2. The van der Waals surface area contributed by atoms with Crippen molar-refractivity contribution in [1.29, 1.82) is 0 Å². The van der Waals surface area contributed by atoms with E-state index in [1.165, 1.54) is 9.80 Å². The van der Waals surface area contributed by atoms with Crippen molar-refractivity contribution in [3.63, 3.8) is 0 Å². The third-order valence-corrected chi connectivity index (χ3v) is 2.38. The predicted octanol–water partition coefficient (Wildman–Crippen LogP) is 0.604. The standard InChI is InChI=1S/C11H22N2O4/c1-8(2)12(5-6-14)11(17)13(9(3)4)7-10(15)16/h8-9,14H,5-7H2,1-4H3,(H,15,16). The van der Waals surface area contributed by atoms with Gasteiger partial charge >= 0.3 is 12.0 Å². The summed E-state index contributed by atoms with van der Waals surface area (Å²) in [7, 11) is 0. The number of aliphatic carboxylic acids is 1. The lowest BCUT2D eigenvalue weighted by Crippen LogP contribution is -2.51. The summed E-state index contributed by atoms with van der Waals surface area (Å²) in [4.78, 5) is 25.6. The summed E-state index contributed by atoms with van der Waals surface area (Å²) in [6.07, 6.45) is 0. The third-order valence-electron chi connectivity index (χ3n) is 2.38. The highest BCUT2D eigenvalue weighted by Crippen LogP contribution is 2.08. The van der Waals surface area contributed by atoms with E-state index in [2.05, 4.69) is 0 Å². The van der Waals surface area contributed by atoms with Crippen LogP contribution in [0.3, 0.4) is 0 Å². The number of aliphatic hydroxyl groups excluding tert-OH is 1. The number of carbonyl (C=O) groups excluding carboxylic acids is 1. The van der Waals surface area contributed by atoms with Crippen LogP contribution in [0.1, 0.15) is 27.7 Å². The molecule has 0 radical (unpaired) electrons. The molecule has 0 saturated heterocycles. The minimum absolute atomic E-state index is 0.0790. The number of carboxylic acid groups (broad SMARTS) is 1. The van der Waals surface area contributed by atoms with E-state index < -0.39 is 5.97 Å². The Balaban J connectivity index is 4.83. The van der Waals surface area contributed by atoms with Crippen molar-refractivity contribution in [2.45, 2.75) is 39.8 Å². The van der Waals surface area contributed by atoms with Crippen molar-refractivity contribution in [1.82, 2.24) is 9.80 Å². The number of amides is 2. The van der Waals surface area contributed by atoms with Crippen molar-refractivity contribution in [2.75, 3.05) is 19.7 Å². The number of rotatable bonds is 6. The highest BCUT2D eigenvalue weighted by atomic mass is 16.4. The Morgan fingerprint density at radius 3 is 1.82 bits per heavy atom. The molecule has 0 rings (SSSR count). The maximum atomic E-state index is 12.1. The van der Waals surface area contributed by atoms with Crippen molar-refractivity contribution in [2.24, 2.45) is 0 Å². The maximum Gasteiger partial charge on any atom is 0.323 e. The molecule has 100 valence electrons. The van der Waals surface area contributed by atoms with E-state index in [0.717, 1.165) is 0 Å². The molecule has 0 unspecified atom stereocenters. The Bertz CT molecular complexity index is 266. The van der Waals surface area contributed by atoms with Crippen LogP contribution in [-0.4, -0.2) is 63.8 Å². The van der Waals surface area contributed by atoms with Crippen LogP contribution < -0.4 is 0 Å². The van der Waals surface area contributed by atoms with Crippen molar-refractivity contribution in [3.05, 3.63) is 0 Å². The Morgan fingerprint density at radius 1 is 1.06 bits per heavy atom. The fourth-order valence-corrected chi connectivity index (χ4v) is 1.46. The molecule has 0 aliphatic heterocycles. The van der Waals surface area contributed by atoms with Gasteiger partial charge in [0.25, 0.3) is 0 Å². The third kappa shape index (κ3) is 5.04. The van der Waals surface area contributed by atoms with E-state index in [4.69, 9.17) is 10.2 Å². The molecule has 6 heteroatoms. The molecule has 0 aliphatic carbocycles. The molecule has 0 heterocycles. The van der Waals surface area contributed by atoms with Gasteiger partial charge in [0.2, 0.25) is 0 Å². The normalized spacial score (nSPS) is 10.8. The number of hydrogen-bond acceptors (Lipinski definition) is 3. The van der Waals surface area contributed by atoms with Gasteiger partial charge in [-0.3, -0.25) is 4.79 Å². The molecule has 17 heavy (non-hydrogen) atoms. The number of carbonyl (C=O) groups is 2. The van der Waals surface area contributed by atoms with Crippen LogP contribution in [0.15, 0.2) is 0 Å². The van der Waals surface area contributed by atoms with Crippen molar-refractivity contribution >= 4 is 12.0 Å². The highest BCUT2D eigenvalue weighted by molar-refractivity contribution is 5.80. The van der Waals surface area contributed by atoms with Crippen LogP contribution >= 0.6 is 0 Å². The highest BCUT2D eigenvalue weighted by Gasteiger charge is 2.26. The van der Waals surface area contributed by atoms with Gasteiger partial charge in [0.15, 0.2) is 0 Å². The van der Waals surface area contributed by atoms with Crippen LogP contribution in [-0.2, 0) is 4.79 Å². The van der Waals surface area contributed by atoms with E-state index in [1.807, 2.05) is 13.8 Å². The van der Waals surface area contributed by atoms with Gasteiger partial charge in [0.1, 0.15) is 6.54 Å². The quantitative estimate of drug-likeness (QED) is 0.719. The minimum atomic E-state index is -1.04. The summed E-state index contributed by atoms with van der Waals surface area (Å²) < 4.78 is 0. The van der Waals surface area contributed by atoms with Gasteiger partial charge in [-0.1, -0.05) is 0 Å². The smallest absolute Gasteiger partial charge is 0.323 e. The molecule has 0 spiro atoms.